The number of aliphatic hydroxyl groups excluding tert-OH is 2. The quantitative estimate of drug-likeness (QED) is 0.532. The van der Waals surface area contributed by atoms with Gasteiger partial charge in [0.2, 0.25) is 0 Å². The molecule has 0 rings (SSSR count). The molecule has 0 aromatic carbocycles. The Morgan fingerprint density at radius 1 is 1.47 bits per heavy atom. The van der Waals surface area contributed by atoms with E-state index in [9.17, 15) is 9.90 Å². The van der Waals surface area contributed by atoms with E-state index in [0.29, 0.717) is 0 Å². The van der Waals surface area contributed by atoms with E-state index in [2.05, 4.69) is 6.58 Å². The molecule has 2 unspecified atom stereocenters. The molecular weight excluding hydrogens is 196 g/mol. The van der Waals surface area contributed by atoms with Gasteiger partial charge < -0.3 is 14.9 Å². The van der Waals surface area contributed by atoms with Gasteiger partial charge in [-0.15, -0.1) is 6.58 Å². The molecule has 0 aliphatic heterocycles. The summed E-state index contributed by atoms with van der Waals surface area (Å²) in [4.78, 5) is 11.2. The summed E-state index contributed by atoms with van der Waals surface area (Å²) in [5.74, 6) is -0.466. The van der Waals surface area contributed by atoms with Gasteiger partial charge in [0.25, 0.3) is 0 Å². The van der Waals surface area contributed by atoms with Gasteiger partial charge in [0.1, 0.15) is 5.60 Å². The van der Waals surface area contributed by atoms with E-state index >= 15 is 0 Å². The molecule has 0 radical (unpaired) electrons. The van der Waals surface area contributed by atoms with Gasteiger partial charge >= 0.3 is 5.97 Å². The van der Waals surface area contributed by atoms with Crippen LogP contribution in [-0.4, -0.2) is 34.0 Å². The summed E-state index contributed by atoms with van der Waals surface area (Å²) in [5, 5.41) is 18.6. The summed E-state index contributed by atoms with van der Waals surface area (Å²) in [6, 6.07) is 0. The number of aliphatic hydroxyl groups is 2. The Balaban J connectivity index is 3.91. The van der Waals surface area contributed by atoms with Gasteiger partial charge in [-0.3, -0.25) is 4.79 Å². The highest BCUT2D eigenvalue weighted by Gasteiger charge is 2.20. The Kier molecular flexibility index (Phi) is 5.54. The maximum atomic E-state index is 11.2. The van der Waals surface area contributed by atoms with Crippen molar-refractivity contribution in [2.24, 2.45) is 0 Å². The molecule has 0 aromatic heterocycles. The lowest BCUT2D eigenvalue weighted by molar-refractivity contribution is -0.157. The predicted octanol–water partition coefficient (Wildman–Crippen LogP) is 1.02. The fourth-order valence-corrected chi connectivity index (χ4v) is 1.03. The molecule has 0 fully saturated rings. The number of hydrogen-bond donors (Lipinski definition) is 2. The Hall–Kier alpha value is -0.870. The van der Waals surface area contributed by atoms with Crippen LogP contribution in [0.1, 0.15) is 33.6 Å². The Morgan fingerprint density at radius 2 is 2.00 bits per heavy atom. The second-order valence-corrected chi connectivity index (χ2v) is 4.48. The first-order chi connectivity index (χ1) is 6.74. The molecule has 0 bridgehead atoms. The van der Waals surface area contributed by atoms with Gasteiger partial charge in [0.05, 0.1) is 18.6 Å². The predicted molar refractivity (Wildman–Crippen MR) is 57.3 cm³/mol. The topological polar surface area (TPSA) is 66.8 Å². The molecule has 2 N–H and O–H groups in total. The fraction of sp³-hybridized carbons (Fsp3) is 0.727. The van der Waals surface area contributed by atoms with Gasteiger partial charge in [-0.1, -0.05) is 6.08 Å². The van der Waals surface area contributed by atoms with Crippen molar-refractivity contribution in [3.05, 3.63) is 12.7 Å². The zero-order valence-corrected chi connectivity index (χ0v) is 9.56. The molecule has 15 heavy (non-hydrogen) atoms. The van der Waals surface area contributed by atoms with Gasteiger partial charge in [-0.25, -0.2) is 0 Å². The van der Waals surface area contributed by atoms with E-state index in [1.165, 1.54) is 6.08 Å². The molecule has 4 nitrogen and oxygen atoms in total. The molecule has 2 atom stereocenters. The summed E-state index contributed by atoms with van der Waals surface area (Å²) in [6.07, 6.45) is -0.376. The lowest BCUT2D eigenvalue weighted by atomic mass is 10.1. The maximum Gasteiger partial charge on any atom is 0.308 e. The lowest BCUT2D eigenvalue weighted by Gasteiger charge is -2.20. The summed E-state index contributed by atoms with van der Waals surface area (Å²) >= 11 is 0. The Bertz CT molecular complexity index is 217. The SMILES string of the molecule is C=CC(O)CC(O)CC(=O)OC(C)(C)C. The Labute approximate surface area is 90.6 Å². The summed E-state index contributed by atoms with van der Waals surface area (Å²) in [7, 11) is 0. The van der Waals surface area contributed by atoms with E-state index < -0.39 is 23.8 Å². The number of hydrogen-bond acceptors (Lipinski definition) is 4. The molecular formula is C11H20O4. The third-order valence-electron chi connectivity index (χ3n) is 1.61. The van der Waals surface area contributed by atoms with Crippen LogP contribution < -0.4 is 0 Å². The van der Waals surface area contributed by atoms with Crippen LogP contribution in [0.25, 0.3) is 0 Å². The minimum atomic E-state index is -0.896. The van der Waals surface area contributed by atoms with Crippen molar-refractivity contribution >= 4 is 5.97 Å². The standard InChI is InChI=1S/C11H20O4/c1-5-8(12)6-9(13)7-10(14)15-11(2,3)4/h5,8-9,12-13H,1,6-7H2,2-4H3. The molecule has 0 aliphatic carbocycles. The normalized spacial score (nSPS) is 15.5. The second kappa shape index (κ2) is 5.88. The van der Waals surface area contributed by atoms with Gasteiger partial charge in [-0.2, -0.15) is 0 Å². The highest BCUT2D eigenvalue weighted by atomic mass is 16.6. The van der Waals surface area contributed by atoms with E-state index in [1.54, 1.807) is 20.8 Å². The first-order valence-corrected chi connectivity index (χ1v) is 4.95. The first kappa shape index (κ1) is 14.1. The third-order valence-corrected chi connectivity index (χ3v) is 1.61. The van der Waals surface area contributed by atoms with Gasteiger partial charge in [-0.05, 0) is 20.8 Å². The fourth-order valence-electron chi connectivity index (χ4n) is 1.03. The van der Waals surface area contributed by atoms with Gasteiger partial charge in [0, 0.05) is 6.42 Å². The van der Waals surface area contributed by atoms with Crippen LogP contribution >= 0.6 is 0 Å². The highest BCUT2D eigenvalue weighted by molar-refractivity contribution is 5.70. The molecule has 0 spiro atoms. The van der Waals surface area contributed by atoms with Crippen LogP contribution in [0.2, 0.25) is 0 Å². The average molecular weight is 216 g/mol. The molecule has 0 amide bonds. The van der Waals surface area contributed by atoms with E-state index in [1.807, 2.05) is 0 Å². The average Bonchev–Trinajstić information content (AvgIpc) is 1.99. The zero-order valence-electron chi connectivity index (χ0n) is 9.56. The van der Waals surface area contributed by atoms with Crippen LogP contribution in [0.3, 0.4) is 0 Å². The van der Waals surface area contributed by atoms with E-state index in [4.69, 9.17) is 9.84 Å². The van der Waals surface area contributed by atoms with Crippen molar-refractivity contribution in [1.82, 2.24) is 0 Å². The third kappa shape index (κ3) is 8.15. The number of esters is 1. The smallest absolute Gasteiger partial charge is 0.308 e. The summed E-state index contributed by atoms with van der Waals surface area (Å²) in [6.45, 7) is 8.65. The minimum absolute atomic E-state index is 0.0999. The van der Waals surface area contributed by atoms with Crippen molar-refractivity contribution in [1.29, 1.82) is 0 Å². The minimum Gasteiger partial charge on any atom is -0.460 e. The first-order valence-electron chi connectivity index (χ1n) is 4.95. The second-order valence-electron chi connectivity index (χ2n) is 4.48. The molecule has 0 saturated heterocycles. The van der Waals surface area contributed by atoms with Crippen LogP contribution in [0.4, 0.5) is 0 Å². The Morgan fingerprint density at radius 3 is 2.40 bits per heavy atom. The van der Waals surface area contributed by atoms with Crippen LogP contribution in [0.15, 0.2) is 12.7 Å². The van der Waals surface area contributed by atoms with Gasteiger partial charge in [0.15, 0.2) is 0 Å². The number of carbonyl (C=O) groups excluding carboxylic acids is 1. The molecule has 4 heteroatoms. The summed E-state index contributed by atoms with van der Waals surface area (Å²) in [5.41, 5.74) is -0.548. The number of ether oxygens (including phenoxy) is 1. The summed E-state index contributed by atoms with van der Waals surface area (Å²) < 4.78 is 5.02. The van der Waals surface area contributed by atoms with Crippen molar-refractivity contribution < 1.29 is 19.7 Å². The van der Waals surface area contributed by atoms with Crippen molar-refractivity contribution in [2.45, 2.75) is 51.4 Å². The van der Waals surface area contributed by atoms with Crippen molar-refractivity contribution in [2.75, 3.05) is 0 Å². The van der Waals surface area contributed by atoms with Crippen molar-refractivity contribution in [3.8, 4) is 0 Å². The van der Waals surface area contributed by atoms with Crippen LogP contribution in [0.5, 0.6) is 0 Å². The molecule has 0 saturated carbocycles. The molecule has 88 valence electrons. The van der Waals surface area contributed by atoms with Crippen molar-refractivity contribution in [3.63, 3.8) is 0 Å². The van der Waals surface area contributed by atoms with Crippen LogP contribution in [-0.2, 0) is 9.53 Å². The molecule has 0 aromatic rings. The molecule has 0 heterocycles. The lowest BCUT2D eigenvalue weighted by Crippen LogP contribution is -2.27. The highest BCUT2D eigenvalue weighted by Crippen LogP contribution is 2.11. The number of carbonyl (C=O) groups is 1. The largest absolute Gasteiger partial charge is 0.460 e. The number of rotatable bonds is 5. The maximum absolute atomic E-state index is 11.2. The zero-order chi connectivity index (χ0) is 12.1. The molecule has 0 aliphatic rings. The monoisotopic (exact) mass is 216 g/mol. The van der Waals surface area contributed by atoms with Crippen LogP contribution in [0, 0.1) is 0 Å². The van der Waals surface area contributed by atoms with E-state index in [-0.39, 0.29) is 12.8 Å². The van der Waals surface area contributed by atoms with E-state index in [0.717, 1.165) is 0 Å².